The molecule has 0 radical (unpaired) electrons. The molecule has 4 nitrogen and oxygen atoms in total. The minimum Gasteiger partial charge on any atom is -0.372 e. The van der Waals surface area contributed by atoms with Crippen molar-refractivity contribution in [3.63, 3.8) is 0 Å². The molecule has 0 spiro atoms. The molecule has 26 heavy (non-hydrogen) atoms. The second kappa shape index (κ2) is 11.6. The number of carbonyl (C=O) groups excluding carboxylic acids is 1. The molecule has 2 heterocycles. The predicted octanol–water partition coefficient (Wildman–Crippen LogP) is 3.56. The van der Waals surface area contributed by atoms with Crippen molar-refractivity contribution in [1.82, 2.24) is 14.7 Å². The molecule has 0 aromatic carbocycles. The Morgan fingerprint density at radius 2 is 1.58 bits per heavy atom. The first-order valence-corrected chi connectivity index (χ1v) is 10.6. The summed E-state index contributed by atoms with van der Waals surface area (Å²) < 4.78 is 0. The molecule has 2 aliphatic rings. The van der Waals surface area contributed by atoms with Crippen LogP contribution < -0.4 is 0 Å². The van der Waals surface area contributed by atoms with Crippen LogP contribution in [-0.2, 0) is 4.79 Å². The van der Waals surface area contributed by atoms with Gasteiger partial charge in [-0.1, -0.05) is 38.8 Å². The second-order valence-corrected chi connectivity index (χ2v) is 8.15. The number of ketones is 1. The number of carbonyl (C=O) groups is 1. The molecule has 2 saturated heterocycles. The Kier molecular flexibility index (Phi) is 9.41. The highest BCUT2D eigenvalue weighted by Gasteiger charge is 2.19. The number of Topliss-reactive ketones (excluding diaryl/α,β-unsaturated/α-hetero) is 1. The summed E-state index contributed by atoms with van der Waals surface area (Å²) in [5.41, 5.74) is 1.09. The summed E-state index contributed by atoms with van der Waals surface area (Å²) >= 11 is 0. The zero-order valence-corrected chi connectivity index (χ0v) is 16.9. The number of piperidine rings is 1. The van der Waals surface area contributed by atoms with Crippen LogP contribution in [-0.4, -0.2) is 72.8 Å². The van der Waals surface area contributed by atoms with E-state index < -0.39 is 0 Å². The fourth-order valence-electron chi connectivity index (χ4n) is 4.25. The molecule has 2 aliphatic heterocycles. The molecule has 148 valence electrons. The Hall–Kier alpha value is -1.13. The third-order valence-corrected chi connectivity index (χ3v) is 6.00. The smallest absolute Gasteiger partial charge is 0.143 e. The Morgan fingerprint density at radius 3 is 2.19 bits per heavy atom. The van der Waals surface area contributed by atoms with Gasteiger partial charge in [0.15, 0.2) is 0 Å². The third kappa shape index (κ3) is 7.63. The number of nitrogens with zero attached hydrogens (tertiary/aromatic N) is 3. The van der Waals surface area contributed by atoms with E-state index >= 15 is 0 Å². The van der Waals surface area contributed by atoms with Crippen molar-refractivity contribution in [3.05, 3.63) is 24.9 Å². The molecular weight excluding hydrogens is 322 g/mol. The van der Waals surface area contributed by atoms with Crippen LogP contribution in [0.15, 0.2) is 24.9 Å². The minimum absolute atomic E-state index is 0.287. The lowest BCUT2D eigenvalue weighted by Gasteiger charge is -2.34. The molecule has 0 saturated carbocycles. The van der Waals surface area contributed by atoms with Gasteiger partial charge in [-0.25, -0.2) is 0 Å². The first-order valence-electron chi connectivity index (χ1n) is 10.6. The van der Waals surface area contributed by atoms with Crippen LogP contribution in [0.25, 0.3) is 0 Å². The molecule has 0 aromatic heterocycles. The van der Waals surface area contributed by atoms with Crippen molar-refractivity contribution in [1.29, 1.82) is 0 Å². The van der Waals surface area contributed by atoms with Gasteiger partial charge in [-0.05, 0) is 44.7 Å². The number of hydrogen-bond acceptors (Lipinski definition) is 4. The van der Waals surface area contributed by atoms with E-state index in [1.807, 2.05) is 6.08 Å². The van der Waals surface area contributed by atoms with Gasteiger partial charge in [-0.15, -0.1) is 0 Å². The molecule has 0 N–H and O–H groups in total. The molecule has 4 heteroatoms. The second-order valence-electron chi connectivity index (χ2n) is 8.15. The van der Waals surface area contributed by atoms with Crippen LogP contribution in [0.5, 0.6) is 0 Å². The van der Waals surface area contributed by atoms with Gasteiger partial charge in [-0.3, -0.25) is 9.69 Å². The Balaban J connectivity index is 1.44. The molecule has 2 fully saturated rings. The van der Waals surface area contributed by atoms with E-state index in [9.17, 15) is 4.79 Å². The van der Waals surface area contributed by atoms with Gasteiger partial charge >= 0.3 is 0 Å². The topological polar surface area (TPSA) is 26.8 Å². The number of piperazine rings is 1. The van der Waals surface area contributed by atoms with E-state index in [1.54, 1.807) is 6.92 Å². The summed E-state index contributed by atoms with van der Waals surface area (Å²) in [6.07, 6.45) is 11.4. The zero-order chi connectivity index (χ0) is 18.8. The first-order chi connectivity index (χ1) is 12.6. The number of hydrogen-bond donors (Lipinski definition) is 0. The number of likely N-dealkylation sites (tertiary alicyclic amines) is 1. The highest BCUT2D eigenvalue weighted by molar-refractivity contribution is 5.77. The molecule has 0 aromatic rings. The molecule has 2 rings (SSSR count). The van der Waals surface area contributed by atoms with Crippen molar-refractivity contribution < 1.29 is 4.79 Å². The van der Waals surface area contributed by atoms with Crippen molar-refractivity contribution in [3.8, 4) is 0 Å². The average Bonchev–Trinajstić information content (AvgIpc) is 2.65. The normalized spacial score (nSPS) is 20.3. The molecule has 0 bridgehead atoms. The Labute approximate surface area is 160 Å². The van der Waals surface area contributed by atoms with Gasteiger partial charge in [0, 0.05) is 45.0 Å². The van der Waals surface area contributed by atoms with Crippen molar-refractivity contribution in [2.75, 3.05) is 52.4 Å². The molecule has 0 atom stereocenters. The van der Waals surface area contributed by atoms with E-state index in [-0.39, 0.29) is 5.78 Å². The van der Waals surface area contributed by atoms with E-state index in [2.05, 4.69) is 27.9 Å². The van der Waals surface area contributed by atoms with Crippen LogP contribution in [0, 0.1) is 5.92 Å². The lowest BCUT2D eigenvalue weighted by molar-refractivity contribution is -0.118. The third-order valence-electron chi connectivity index (χ3n) is 6.00. The van der Waals surface area contributed by atoms with Crippen molar-refractivity contribution in [2.24, 2.45) is 5.92 Å². The maximum Gasteiger partial charge on any atom is 0.143 e. The predicted molar refractivity (Wildman–Crippen MR) is 110 cm³/mol. The zero-order valence-electron chi connectivity index (χ0n) is 16.9. The average molecular weight is 362 g/mol. The lowest BCUT2D eigenvalue weighted by atomic mass is 9.91. The Bertz CT molecular complexity index is 446. The standard InChI is InChI=1S/C22H39N3O/c1-4-20(2)25-13-10-22(11-14-25)9-7-5-6-8-12-23-15-17-24(18-16-23)19-21(3)26/h4,22H,1-2,5-19H2,3H3. The molecule has 0 aliphatic carbocycles. The summed E-state index contributed by atoms with van der Waals surface area (Å²) in [7, 11) is 0. The SMILES string of the molecule is C=CC(=C)N1CCC(CCCCCCN2CCN(CC(C)=O)CC2)CC1. The summed E-state index contributed by atoms with van der Waals surface area (Å²) in [5, 5.41) is 0. The number of rotatable bonds is 11. The quantitative estimate of drug-likeness (QED) is 0.415. The van der Waals surface area contributed by atoms with E-state index in [0.717, 1.165) is 50.9 Å². The fraction of sp³-hybridized carbons (Fsp3) is 0.773. The van der Waals surface area contributed by atoms with Crippen molar-refractivity contribution >= 4 is 5.78 Å². The van der Waals surface area contributed by atoms with Gasteiger partial charge < -0.3 is 9.80 Å². The Morgan fingerprint density at radius 1 is 0.962 bits per heavy atom. The summed E-state index contributed by atoms with van der Waals surface area (Å²) in [6, 6.07) is 0. The minimum atomic E-state index is 0.287. The summed E-state index contributed by atoms with van der Waals surface area (Å²) in [4.78, 5) is 18.4. The summed E-state index contributed by atoms with van der Waals surface area (Å²) in [5.74, 6) is 1.20. The maximum atomic E-state index is 11.2. The maximum absolute atomic E-state index is 11.2. The monoisotopic (exact) mass is 361 g/mol. The van der Waals surface area contributed by atoms with Crippen LogP contribution in [0.3, 0.4) is 0 Å². The van der Waals surface area contributed by atoms with E-state index in [1.165, 1.54) is 51.5 Å². The van der Waals surface area contributed by atoms with Gasteiger partial charge in [0.25, 0.3) is 0 Å². The highest BCUT2D eigenvalue weighted by atomic mass is 16.1. The van der Waals surface area contributed by atoms with Crippen LogP contribution in [0.4, 0.5) is 0 Å². The molecular formula is C22H39N3O. The fourth-order valence-corrected chi connectivity index (χ4v) is 4.25. The molecule has 0 unspecified atom stereocenters. The van der Waals surface area contributed by atoms with Crippen molar-refractivity contribution in [2.45, 2.75) is 51.9 Å². The van der Waals surface area contributed by atoms with Gasteiger partial charge in [0.2, 0.25) is 0 Å². The lowest BCUT2D eigenvalue weighted by Crippen LogP contribution is -2.47. The van der Waals surface area contributed by atoms with Gasteiger partial charge in [0.1, 0.15) is 5.78 Å². The van der Waals surface area contributed by atoms with E-state index in [0.29, 0.717) is 6.54 Å². The first kappa shape index (κ1) is 21.2. The van der Waals surface area contributed by atoms with E-state index in [4.69, 9.17) is 0 Å². The van der Waals surface area contributed by atoms with Gasteiger partial charge in [0.05, 0.1) is 6.54 Å². The molecule has 0 amide bonds. The van der Waals surface area contributed by atoms with Gasteiger partial charge in [-0.2, -0.15) is 0 Å². The van der Waals surface area contributed by atoms with Crippen LogP contribution in [0.1, 0.15) is 51.9 Å². The highest BCUT2D eigenvalue weighted by Crippen LogP contribution is 2.25. The van der Waals surface area contributed by atoms with Crippen LogP contribution in [0.2, 0.25) is 0 Å². The number of allylic oxidation sites excluding steroid dienone is 1. The number of unbranched alkanes of at least 4 members (excludes halogenated alkanes) is 3. The largest absolute Gasteiger partial charge is 0.372 e. The summed E-state index contributed by atoms with van der Waals surface area (Å²) in [6.45, 7) is 18.1. The van der Waals surface area contributed by atoms with Crippen LogP contribution >= 0.6 is 0 Å².